The average Bonchev–Trinajstić information content (AvgIpc) is 2.88. The second-order valence-electron chi connectivity index (χ2n) is 5.17. The van der Waals surface area contributed by atoms with Gasteiger partial charge in [-0.3, -0.25) is 4.79 Å². The molecule has 2 heterocycles. The Morgan fingerprint density at radius 1 is 1.28 bits per heavy atom. The predicted octanol–water partition coefficient (Wildman–Crippen LogP) is 5.04. The second-order valence-corrected chi connectivity index (χ2v) is 6.28. The number of halogens is 3. The molecule has 3 aromatic rings. The Kier molecular flexibility index (Phi) is 4.55. The molecule has 0 fully saturated rings. The van der Waals surface area contributed by atoms with Crippen LogP contribution in [0, 0.1) is 6.92 Å². The Hall–Kier alpha value is -2.35. The molecule has 128 valence electrons. The van der Waals surface area contributed by atoms with E-state index in [2.05, 4.69) is 20.2 Å². The number of hydrogen-bond acceptors (Lipinski definition) is 5. The first-order chi connectivity index (χ1) is 11.8. The maximum absolute atomic E-state index is 12.2. The van der Waals surface area contributed by atoms with E-state index in [1.54, 1.807) is 12.1 Å². The number of aryl methyl sites for hydroxylation is 1. The number of nitrogens with zero attached hydrogens (tertiary/aromatic N) is 3. The highest BCUT2D eigenvalue weighted by Gasteiger charge is 2.20. The monoisotopic (exact) mass is 397 g/mol. The van der Waals surface area contributed by atoms with Crippen LogP contribution in [-0.2, 0) is 0 Å². The normalized spacial score (nSPS) is 11.5. The van der Waals surface area contributed by atoms with Crippen molar-refractivity contribution in [1.29, 1.82) is 0 Å². The minimum Gasteiger partial charge on any atom is -0.493 e. The lowest BCUT2D eigenvalue weighted by Crippen LogP contribution is -2.03. The van der Waals surface area contributed by atoms with Gasteiger partial charge in [-0.25, -0.2) is 4.98 Å². The van der Waals surface area contributed by atoms with Crippen molar-refractivity contribution in [1.82, 2.24) is 9.97 Å². The second kappa shape index (κ2) is 6.51. The summed E-state index contributed by atoms with van der Waals surface area (Å²) in [5, 5.41) is 17.6. The van der Waals surface area contributed by atoms with Crippen molar-refractivity contribution in [2.75, 3.05) is 5.73 Å². The maximum atomic E-state index is 12.2. The summed E-state index contributed by atoms with van der Waals surface area (Å²) in [5.41, 5.74) is 7.04. The van der Waals surface area contributed by atoms with E-state index in [-0.39, 0.29) is 38.1 Å². The molecule has 0 spiro atoms. The SMILES string of the molecule is Cc1ccc2[nH]c(O)c(N=NC(=O)c3nc(Cl)c(Cl)c(N)c3Cl)c2c1. The Labute approximate surface area is 156 Å². The van der Waals surface area contributed by atoms with E-state index in [1.807, 2.05) is 13.0 Å². The molecule has 0 saturated carbocycles. The van der Waals surface area contributed by atoms with E-state index < -0.39 is 5.91 Å². The van der Waals surface area contributed by atoms with Crippen LogP contribution in [0.2, 0.25) is 15.2 Å². The minimum atomic E-state index is -0.878. The Morgan fingerprint density at radius 2 is 2.00 bits per heavy atom. The fraction of sp³-hybridized carbons (Fsp3) is 0.0667. The maximum Gasteiger partial charge on any atom is 0.315 e. The fourth-order valence-electron chi connectivity index (χ4n) is 2.19. The molecule has 1 aromatic carbocycles. The molecule has 1 amide bonds. The number of azo groups is 1. The number of amides is 1. The number of H-pyrrole nitrogens is 1. The van der Waals surface area contributed by atoms with Gasteiger partial charge in [0.15, 0.2) is 16.5 Å². The van der Waals surface area contributed by atoms with Gasteiger partial charge in [0.2, 0.25) is 5.88 Å². The van der Waals surface area contributed by atoms with Crippen LogP contribution in [0.3, 0.4) is 0 Å². The quantitative estimate of drug-likeness (QED) is 0.414. The summed E-state index contributed by atoms with van der Waals surface area (Å²) in [5.74, 6) is -1.10. The van der Waals surface area contributed by atoms with Crippen LogP contribution in [0.5, 0.6) is 5.88 Å². The summed E-state index contributed by atoms with van der Waals surface area (Å²) in [6.07, 6.45) is 0. The summed E-state index contributed by atoms with van der Waals surface area (Å²) in [4.78, 5) is 18.8. The van der Waals surface area contributed by atoms with Gasteiger partial charge in [0.25, 0.3) is 0 Å². The Balaban J connectivity index is 2.02. The van der Waals surface area contributed by atoms with Gasteiger partial charge >= 0.3 is 5.91 Å². The number of aromatic nitrogens is 2. The van der Waals surface area contributed by atoms with Crippen molar-refractivity contribution in [3.05, 3.63) is 44.7 Å². The van der Waals surface area contributed by atoms with E-state index in [0.717, 1.165) is 5.56 Å². The largest absolute Gasteiger partial charge is 0.493 e. The van der Waals surface area contributed by atoms with E-state index in [1.165, 1.54) is 0 Å². The standard InChI is InChI=1S/C15H10Cl3N5O2/c1-5-2-3-7-6(4-5)11(14(24)20-7)22-23-15(25)12-8(16)10(19)9(17)13(18)21-12/h2-4,20,24H,1H3,(H2,19,21). The molecular weight excluding hydrogens is 389 g/mol. The lowest BCUT2D eigenvalue weighted by molar-refractivity contribution is 0.0990. The Morgan fingerprint density at radius 3 is 2.72 bits per heavy atom. The van der Waals surface area contributed by atoms with Crippen molar-refractivity contribution in [2.45, 2.75) is 6.92 Å². The summed E-state index contributed by atoms with van der Waals surface area (Å²) in [6, 6.07) is 5.45. The van der Waals surface area contributed by atoms with Crippen LogP contribution < -0.4 is 5.73 Å². The molecule has 0 bridgehead atoms. The molecule has 4 N–H and O–H groups in total. The zero-order chi connectivity index (χ0) is 18.3. The van der Waals surface area contributed by atoms with Crippen molar-refractivity contribution in [3.63, 3.8) is 0 Å². The number of nitrogens with two attached hydrogens (primary N) is 1. The first-order valence-corrected chi connectivity index (χ1v) is 8.00. The van der Waals surface area contributed by atoms with Gasteiger partial charge in [0, 0.05) is 5.39 Å². The highest BCUT2D eigenvalue weighted by Crippen LogP contribution is 2.37. The third-order valence-electron chi connectivity index (χ3n) is 3.42. The summed E-state index contributed by atoms with van der Waals surface area (Å²) < 4.78 is 0. The van der Waals surface area contributed by atoms with Crippen LogP contribution >= 0.6 is 34.8 Å². The molecule has 0 saturated heterocycles. The van der Waals surface area contributed by atoms with Crippen molar-refractivity contribution < 1.29 is 9.90 Å². The van der Waals surface area contributed by atoms with E-state index in [0.29, 0.717) is 10.9 Å². The van der Waals surface area contributed by atoms with Crippen molar-refractivity contribution in [3.8, 4) is 5.88 Å². The topological polar surface area (TPSA) is 117 Å². The van der Waals surface area contributed by atoms with Gasteiger partial charge in [-0.05, 0) is 19.1 Å². The van der Waals surface area contributed by atoms with E-state index in [9.17, 15) is 9.90 Å². The molecule has 0 unspecified atom stereocenters. The lowest BCUT2D eigenvalue weighted by atomic mass is 10.2. The zero-order valence-electron chi connectivity index (χ0n) is 12.6. The van der Waals surface area contributed by atoms with E-state index >= 15 is 0 Å². The number of nitrogen functional groups attached to an aromatic ring is 1. The van der Waals surface area contributed by atoms with Crippen LogP contribution in [0.4, 0.5) is 11.4 Å². The molecule has 0 atom stereocenters. The third-order valence-corrected chi connectivity index (χ3v) is 4.56. The number of carbonyl (C=O) groups is 1. The summed E-state index contributed by atoms with van der Waals surface area (Å²) >= 11 is 17.6. The molecule has 0 aliphatic carbocycles. The van der Waals surface area contributed by atoms with E-state index in [4.69, 9.17) is 40.5 Å². The number of nitrogens with one attached hydrogen (secondary N) is 1. The minimum absolute atomic E-state index is 0.0510. The molecule has 0 radical (unpaired) electrons. The van der Waals surface area contributed by atoms with Crippen LogP contribution in [0.1, 0.15) is 16.1 Å². The fourth-order valence-corrected chi connectivity index (χ4v) is 2.78. The van der Waals surface area contributed by atoms with Gasteiger partial charge in [-0.1, -0.05) is 46.4 Å². The van der Waals surface area contributed by atoms with Crippen LogP contribution in [-0.4, -0.2) is 21.0 Å². The number of aromatic amines is 1. The number of fused-ring (bicyclic) bond motifs is 1. The predicted molar refractivity (Wildman–Crippen MR) is 97.2 cm³/mol. The molecule has 0 aliphatic rings. The highest BCUT2D eigenvalue weighted by atomic mass is 35.5. The van der Waals surface area contributed by atoms with Gasteiger partial charge in [-0.15, -0.1) is 10.2 Å². The molecule has 3 rings (SSSR count). The number of rotatable bonds is 2. The Bertz CT molecular complexity index is 1050. The van der Waals surface area contributed by atoms with Gasteiger partial charge in [0.1, 0.15) is 5.02 Å². The van der Waals surface area contributed by atoms with Crippen molar-refractivity contribution >= 4 is 63.0 Å². The highest BCUT2D eigenvalue weighted by molar-refractivity contribution is 6.46. The number of aromatic hydroxyl groups is 1. The van der Waals surface area contributed by atoms with Gasteiger partial charge < -0.3 is 15.8 Å². The summed E-state index contributed by atoms with van der Waals surface area (Å²) in [7, 11) is 0. The number of pyridine rings is 1. The summed E-state index contributed by atoms with van der Waals surface area (Å²) in [6.45, 7) is 1.89. The number of anilines is 1. The van der Waals surface area contributed by atoms with Gasteiger partial charge in [-0.2, -0.15) is 0 Å². The number of benzene rings is 1. The molecule has 10 heteroatoms. The molecule has 25 heavy (non-hydrogen) atoms. The number of hydrogen-bond donors (Lipinski definition) is 3. The third kappa shape index (κ3) is 3.13. The molecule has 0 aliphatic heterocycles. The lowest BCUT2D eigenvalue weighted by Gasteiger charge is -2.05. The van der Waals surface area contributed by atoms with Crippen molar-refractivity contribution in [2.24, 2.45) is 10.2 Å². The molecule has 7 nitrogen and oxygen atoms in total. The van der Waals surface area contributed by atoms with Gasteiger partial charge in [0.05, 0.1) is 16.2 Å². The number of carbonyl (C=O) groups excluding carboxylic acids is 1. The molecule has 2 aromatic heterocycles. The first-order valence-electron chi connectivity index (χ1n) is 6.87. The average molecular weight is 399 g/mol. The van der Waals surface area contributed by atoms with Crippen LogP contribution in [0.25, 0.3) is 10.9 Å². The smallest absolute Gasteiger partial charge is 0.315 e. The van der Waals surface area contributed by atoms with Crippen LogP contribution in [0.15, 0.2) is 28.4 Å². The first kappa shape index (κ1) is 17.5. The molecular formula is C15H10Cl3N5O2. The zero-order valence-corrected chi connectivity index (χ0v) is 14.9.